The number of likely N-dealkylation sites (tertiary alicyclic amines) is 1. The van der Waals surface area contributed by atoms with Crippen LogP contribution in [0, 0.1) is 11.8 Å². The summed E-state index contributed by atoms with van der Waals surface area (Å²) >= 11 is 0. The molecule has 1 amide bonds. The summed E-state index contributed by atoms with van der Waals surface area (Å²) in [5, 5.41) is 9.16. The van der Waals surface area contributed by atoms with Crippen molar-refractivity contribution in [3.8, 4) is 0 Å². The van der Waals surface area contributed by atoms with E-state index in [0.29, 0.717) is 34.8 Å². The van der Waals surface area contributed by atoms with Gasteiger partial charge in [0.15, 0.2) is 5.69 Å². The van der Waals surface area contributed by atoms with Crippen molar-refractivity contribution in [2.24, 2.45) is 11.8 Å². The Morgan fingerprint density at radius 3 is 2.54 bits per heavy atom. The summed E-state index contributed by atoms with van der Waals surface area (Å²) in [4.78, 5) is 27.9. The molecular formula is C20H26N4O2. The van der Waals surface area contributed by atoms with Gasteiger partial charge in [0.25, 0.3) is 11.5 Å². The van der Waals surface area contributed by atoms with Crippen molar-refractivity contribution in [1.29, 1.82) is 0 Å². The predicted molar refractivity (Wildman–Crippen MR) is 101 cm³/mol. The van der Waals surface area contributed by atoms with E-state index in [4.69, 9.17) is 0 Å². The largest absolute Gasteiger partial charge is 0.337 e. The van der Waals surface area contributed by atoms with Gasteiger partial charge in [-0.05, 0) is 24.3 Å². The first-order valence-corrected chi connectivity index (χ1v) is 9.69. The zero-order valence-corrected chi connectivity index (χ0v) is 15.3. The van der Waals surface area contributed by atoms with E-state index in [9.17, 15) is 9.59 Å². The van der Waals surface area contributed by atoms with Crippen LogP contribution in [-0.2, 0) is 6.54 Å². The first kappa shape index (κ1) is 17.2. The summed E-state index contributed by atoms with van der Waals surface area (Å²) in [6.45, 7) is 6.22. The number of fused-ring (bicyclic) bond motifs is 2. The summed E-state index contributed by atoms with van der Waals surface area (Å²) in [6, 6.07) is 7.35. The Kier molecular flexibility index (Phi) is 4.76. The second-order valence-electron chi connectivity index (χ2n) is 7.52. The molecule has 138 valence electrons. The number of benzene rings is 1. The predicted octanol–water partition coefficient (Wildman–Crippen LogP) is 1.88. The first-order chi connectivity index (χ1) is 12.7. The van der Waals surface area contributed by atoms with Crippen LogP contribution < -0.4 is 10.9 Å². The Bertz CT molecular complexity index is 864. The van der Waals surface area contributed by atoms with Gasteiger partial charge in [0.2, 0.25) is 0 Å². The van der Waals surface area contributed by atoms with Crippen molar-refractivity contribution in [2.45, 2.75) is 32.7 Å². The van der Waals surface area contributed by atoms with Crippen molar-refractivity contribution in [2.75, 3.05) is 26.2 Å². The van der Waals surface area contributed by atoms with Gasteiger partial charge in [0, 0.05) is 38.1 Å². The Balaban J connectivity index is 1.70. The van der Waals surface area contributed by atoms with Crippen molar-refractivity contribution >= 4 is 16.7 Å². The van der Waals surface area contributed by atoms with Crippen LogP contribution in [0.15, 0.2) is 29.1 Å². The highest BCUT2D eigenvalue weighted by Crippen LogP contribution is 2.28. The number of carbonyl (C=O) groups is 1. The molecule has 1 aromatic carbocycles. The molecule has 1 aromatic heterocycles. The average Bonchev–Trinajstić information content (AvgIpc) is 3.25. The fourth-order valence-corrected chi connectivity index (χ4v) is 4.23. The van der Waals surface area contributed by atoms with E-state index >= 15 is 0 Å². The number of amides is 1. The molecule has 0 bridgehead atoms. The maximum absolute atomic E-state index is 13.2. The topological polar surface area (TPSA) is 67.2 Å². The van der Waals surface area contributed by atoms with Crippen LogP contribution in [0.1, 0.15) is 36.7 Å². The maximum atomic E-state index is 13.2. The minimum atomic E-state index is -0.101. The van der Waals surface area contributed by atoms with Gasteiger partial charge in [-0.3, -0.25) is 9.59 Å². The van der Waals surface area contributed by atoms with E-state index in [1.807, 2.05) is 23.1 Å². The van der Waals surface area contributed by atoms with Crippen LogP contribution >= 0.6 is 0 Å². The van der Waals surface area contributed by atoms with Crippen LogP contribution in [0.4, 0.5) is 0 Å². The number of aryl methyl sites for hydroxylation is 1. The van der Waals surface area contributed by atoms with Gasteiger partial charge in [0.05, 0.1) is 5.39 Å². The minimum Gasteiger partial charge on any atom is -0.337 e. The van der Waals surface area contributed by atoms with Crippen LogP contribution in [0.2, 0.25) is 0 Å². The number of unbranched alkanes of at least 4 members (excludes halogenated alkanes) is 2. The fourth-order valence-electron chi connectivity index (χ4n) is 4.23. The highest BCUT2D eigenvalue weighted by atomic mass is 16.2. The number of carbonyl (C=O) groups excluding carboxylic acids is 1. The Labute approximate surface area is 153 Å². The number of aromatic nitrogens is 2. The summed E-state index contributed by atoms with van der Waals surface area (Å²) in [6.07, 6.45) is 3.03. The number of nitrogens with one attached hydrogen (secondary N) is 1. The molecule has 0 radical (unpaired) electrons. The van der Waals surface area contributed by atoms with E-state index in [0.717, 1.165) is 45.4 Å². The monoisotopic (exact) mass is 354 g/mol. The molecule has 1 N–H and O–H groups in total. The van der Waals surface area contributed by atoms with Crippen LogP contribution in [-0.4, -0.2) is 46.8 Å². The van der Waals surface area contributed by atoms with Crippen LogP contribution in [0.25, 0.3) is 10.8 Å². The van der Waals surface area contributed by atoms with Crippen molar-refractivity contribution in [3.63, 3.8) is 0 Å². The zero-order valence-electron chi connectivity index (χ0n) is 15.3. The zero-order chi connectivity index (χ0) is 18.1. The van der Waals surface area contributed by atoms with Gasteiger partial charge in [-0.25, -0.2) is 4.68 Å². The van der Waals surface area contributed by atoms with Crippen LogP contribution in [0.3, 0.4) is 0 Å². The molecule has 0 aliphatic carbocycles. The van der Waals surface area contributed by atoms with Gasteiger partial charge in [-0.2, -0.15) is 5.10 Å². The molecule has 2 aliphatic rings. The highest BCUT2D eigenvalue weighted by molar-refractivity contribution is 6.04. The highest BCUT2D eigenvalue weighted by Gasteiger charge is 2.39. The molecule has 0 unspecified atom stereocenters. The summed E-state index contributed by atoms with van der Waals surface area (Å²) in [5.41, 5.74) is 0.320. The van der Waals surface area contributed by atoms with E-state index in [1.54, 1.807) is 6.07 Å². The average molecular weight is 354 g/mol. The summed E-state index contributed by atoms with van der Waals surface area (Å²) in [5.74, 6) is 1.04. The molecule has 4 rings (SSSR count). The molecule has 6 nitrogen and oxygen atoms in total. The van der Waals surface area contributed by atoms with E-state index in [2.05, 4.69) is 17.3 Å². The first-order valence-electron chi connectivity index (χ1n) is 9.69. The number of rotatable bonds is 5. The normalized spacial score (nSPS) is 22.1. The minimum absolute atomic E-state index is 0.0418. The third-order valence-corrected chi connectivity index (χ3v) is 5.72. The smallest absolute Gasteiger partial charge is 0.274 e. The number of hydrogen-bond donors (Lipinski definition) is 1. The molecule has 2 saturated heterocycles. The van der Waals surface area contributed by atoms with Gasteiger partial charge < -0.3 is 10.2 Å². The summed E-state index contributed by atoms with van der Waals surface area (Å²) in [7, 11) is 0. The lowest BCUT2D eigenvalue weighted by molar-refractivity contribution is 0.0775. The molecule has 2 aliphatic heterocycles. The van der Waals surface area contributed by atoms with Crippen LogP contribution in [0.5, 0.6) is 0 Å². The Hall–Kier alpha value is -2.21. The third kappa shape index (κ3) is 3.03. The SMILES string of the molecule is CCCCCn1nc(C(=O)N2C[C@H]3CNC[C@H]3C2)c2ccccc2c1=O. The third-order valence-electron chi connectivity index (χ3n) is 5.72. The standard InChI is InChI=1S/C20H26N4O2/c1-2-3-6-9-24-19(25)17-8-5-4-7-16(17)18(22-24)20(26)23-12-14-10-21-11-15(14)13-23/h4-5,7-8,14-15,21H,2-3,6,9-13H2,1H3/t14-,15+. The molecule has 2 fully saturated rings. The molecule has 2 atom stereocenters. The van der Waals surface area contributed by atoms with Gasteiger partial charge in [-0.15, -0.1) is 0 Å². The molecular weight excluding hydrogens is 328 g/mol. The van der Waals surface area contributed by atoms with Crippen molar-refractivity contribution in [1.82, 2.24) is 20.0 Å². The van der Waals surface area contributed by atoms with E-state index in [-0.39, 0.29) is 11.5 Å². The second kappa shape index (κ2) is 7.19. The molecule has 6 heteroatoms. The van der Waals surface area contributed by atoms with Gasteiger partial charge in [-0.1, -0.05) is 38.0 Å². The summed E-state index contributed by atoms with van der Waals surface area (Å²) < 4.78 is 1.49. The van der Waals surface area contributed by atoms with Crippen molar-refractivity contribution < 1.29 is 4.79 Å². The van der Waals surface area contributed by atoms with Gasteiger partial charge in [0.1, 0.15) is 0 Å². The lowest BCUT2D eigenvalue weighted by atomic mass is 10.0. The lowest BCUT2D eigenvalue weighted by Crippen LogP contribution is -2.35. The molecule has 2 aromatic rings. The quantitative estimate of drug-likeness (QED) is 0.833. The molecule has 3 heterocycles. The second-order valence-corrected chi connectivity index (χ2v) is 7.52. The molecule has 0 spiro atoms. The number of nitrogens with zero attached hydrogens (tertiary/aromatic N) is 3. The van der Waals surface area contributed by atoms with E-state index < -0.39 is 0 Å². The van der Waals surface area contributed by atoms with E-state index in [1.165, 1.54) is 4.68 Å². The maximum Gasteiger partial charge on any atom is 0.274 e. The fraction of sp³-hybridized carbons (Fsp3) is 0.550. The lowest BCUT2D eigenvalue weighted by Gasteiger charge is -2.19. The Morgan fingerprint density at radius 2 is 1.85 bits per heavy atom. The molecule has 26 heavy (non-hydrogen) atoms. The Morgan fingerprint density at radius 1 is 1.15 bits per heavy atom. The van der Waals surface area contributed by atoms with Crippen molar-refractivity contribution in [3.05, 3.63) is 40.3 Å². The molecule has 0 saturated carbocycles. The number of hydrogen-bond acceptors (Lipinski definition) is 4. The van der Waals surface area contributed by atoms with Gasteiger partial charge >= 0.3 is 0 Å².